The molecule has 2 aromatic heterocycles. The van der Waals surface area contributed by atoms with E-state index in [0.717, 1.165) is 29.1 Å². The van der Waals surface area contributed by atoms with Gasteiger partial charge in [-0.05, 0) is 73.8 Å². The van der Waals surface area contributed by atoms with E-state index in [1.807, 2.05) is 12.3 Å². The molecule has 0 saturated heterocycles. The average molecular weight is 410 g/mol. The normalized spacial score (nSPS) is 16.9. The van der Waals surface area contributed by atoms with Crippen molar-refractivity contribution in [1.82, 2.24) is 9.97 Å². The van der Waals surface area contributed by atoms with E-state index >= 15 is 0 Å². The van der Waals surface area contributed by atoms with Crippen molar-refractivity contribution in [2.45, 2.75) is 77.0 Å². The Hall–Kier alpha value is -1.87. The SMILES string of the molecule is C=C(c1cnc(Cl)cc1Nc1cc(CCCCC)cc(C2CCCC2)n1)C1CC1. The highest BCUT2D eigenvalue weighted by molar-refractivity contribution is 6.29. The molecule has 29 heavy (non-hydrogen) atoms. The Morgan fingerprint density at radius 1 is 1.14 bits per heavy atom. The first kappa shape index (κ1) is 20.4. The number of nitrogens with one attached hydrogen (secondary N) is 1. The van der Waals surface area contributed by atoms with Crippen molar-refractivity contribution in [2.24, 2.45) is 5.92 Å². The summed E-state index contributed by atoms with van der Waals surface area (Å²) in [6.45, 7) is 6.58. The third-order valence-corrected chi connectivity index (χ3v) is 6.50. The molecule has 4 heteroatoms. The van der Waals surface area contributed by atoms with E-state index in [1.165, 1.54) is 69.0 Å². The summed E-state index contributed by atoms with van der Waals surface area (Å²) in [6, 6.07) is 6.47. The lowest BCUT2D eigenvalue weighted by Crippen LogP contribution is -2.05. The third kappa shape index (κ3) is 5.19. The van der Waals surface area contributed by atoms with Crippen LogP contribution >= 0.6 is 11.6 Å². The molecule has 2 fully saturated rings. The summed E-state index contributed by atoms with van der Waals surface area (Å²) >= 11 is 6.23. The molecule has 0 bridgehead atoms. The van der Waals surface area contributed by atoms with E-state index in [4.69, 9.17) is 16.6 Å². The fraction of sp³-hybridized carbons (Fsp3) is 0.520. The Kier molecular flexibility index (Phi) is 6.54. The van der Waals surface area contributed by atoms with Gasteiger partial charge in [-0.2, -0.15) is 0 Å². The maximum atomic E-state index is 6.23. The molecule has 1 N–H and O–H groups in total. The van der Waals surface area contributed by atoms with E-state index in [-0.39, 0.29) is 0 Å². The number of aryl methyl sites for hydroxylation is 1. The number of nitrogens with zero attached hydrogens (tertiary/aromatic N) is 2. The number of hydrogen-bond donors (Lipinski definition) is 1. The van der Waals surface area contributed by atoms with Crippen LogP contribution in [0.3, 0.4) is 0 Å². The number of unbranched alkanes of at least 4 members (excludes halogenated alkanes) is 2. The maximum absolute atomic E-state index is 6.23. The minimum atomic E-state index is 0.495. The lowest BCUT2D eigenvalue weighted by atomic mass is 9.99. The lowest BCUT2D eigenvalue weighted by molar-refractivity contribution is 0.688. The fourth-order valence-electron chi connectivity index (χ4n) is 4.41. The first-order valence-electron chi connectivity index (χ1n) is 11.3. The molecular formula is C25H32ClN3. The van der Waals surface area contributed by atoms with Crippen LogP contribution in [0.2, 0.25) is 5.15 Å². The van der Waals surface area contributed by atoms with Crippen LogP contribution in [-0.4, -0.2) is 9.97 Å². The molecule has 2 saturated carbocycles. The van der Waals surface area contributed by atoms with Crippen molar-refractivity contribution in [1.29, 1.82) is 0 Å². The van der Waals surface area contributed by atoms with Gasteiger partial charge >= 0.3 is 0 Å². The molecule has 4 rings (SSSR count). The molecule has 2 aliphatic carbocycles. The van der Waals surface area contributed by atoms with Gasteiger partial charge in [0.05, 0.1) is 5.69 Å². The summed E-state index contributed by atoms with van der Waals surface area (Å²) in [6.07, 6.45) is 14.3. The van der Waals surface area contributed by atoms with Crippen LogP contribution in [0.1, 0.15) is 87.4 Å². The maximum Gasteiger partial charge on any atom is 0.131 e. The minimum absolute atomic E-state index is 0.495. The van der Waals surface area contributed by atoms with Crippen LogP contribution in [0.4, 0.5) is 11.5 Å². The van der Waals surface area contributed by atoms with Crippen molar-refractivity contribution in [3.63, 3.8) is 0 Å². The second kappa shape index (κ2) is 9.30. The average Bonchev–Trinajstić information content (AvgIpc) is 3.41. The Balaban J connectivity index is 1.63. The van der Waals surface area contributed by atoms with Crippen molar-refractivity contribution in [3.8, 4) is 0 Å². The molecule has 0 atom stereocenters. The van der Waals surface area contributed by atoms with Crippen molar-refractivity contribution in [2.75, 3.05) is 5.32 Å². The summed E-state index contributed by atoms with van der Waals surface area (Å²) in [5, 5.41) is 4.07. The van der Waals surface area contributed by atoms with Crippen LogP contribution < -0.4 is 5.32 Å². The van der Waals surface area contributed by atoms with Crippen LogP contribution in [0.5, 0.6) is 0 Å². The summed E-state index contributed by atoms with van der Waals surface area (Å²) in [5.74, 6) is 2.11. The highest BCUT2D eigenvalue weighted by Gasteiger charge is 2.27. The van der Waals surface area contributed by atoms with Gasteiger partial charge in [0, 0.05) is 23.4 Å². The van der Waals surface area contributed by atoms with Crippen molar-refractivity contribution >= 4 is 28.7 Å². The molecule has 0 amide bonds. The van der Waals surface area contributed by atoms with Crippen molar-refractivity contribution < 1.29 is 0 Å². The van der Waals surface area contributed by atoms with Crippen LogP contribution in [0.15, 0.2) is 31.0 Å². The van der Waals surface area contributed by atoms with Gasteiger partial charge in [0.15, 0.2) is 0 Å². The molecule has 2 heterocycles. The molecule has 0 spiro atoms. The van der Waals surface area contributed by atoms with Crippen LogP contribution in [-0.2, 0) is 6.42 Å². The largest absolute Gasteiger partial charge is 0.340 e. The van der Waals surface area contributed by atoms with Gasteiger partial charge in [-0.1, -0.05) is 50.8 Å². The highest BCUT2D eigenvalue weighted by atomic mass is 35.5. The summed E-state index contributed by atoms with van der Waals surface area (Å²) in [4.78, 5) is 9.33. The Morgan fingerprint density at radius 2 is 1.93 bits per heavy atom. The van der Waals surface area contributed by atoms with Gasteiger partial charge in [-0.3, -0.25) is 0 Å². The molecule has 0 unspecified atom stereocenters. The zero-order valence-electron chi connectivity index (χ0n) is 17.5. The van der Waals surface area contributed by atoms with Gasteiger partial charge in [0.2, 0.25) is 0 Å². The van der Waals surface area contributed by atoms with E-state index in [9.17, 15) is 0 Å². The first-order valence-corrected chi connectivity index (χ1v) is 11.6. The summed E-state index contributed by atoms with van der Waals surface area (Å²) < 4.78 is 0. The molecule has 154 valence electrons. The van der Waals surface area contributed by atoms with E-state index in [1.54, 1.807) is 0 Å². The molecule has 2 aromatic rings. The van der Waals surface area contributed by atoms with Gasteiger partial charge in [-0.25, -0.2) is 9.97 Å². The van der Waals surface area contributed by atoms with Crippen molar-refractivity contribution in [3.05, 3.63) is 52.9 Å². The minimum Gasteiger partial charge on any atom is -0.340 e. The topological polar surface area (TPSA) is 37.8 Å². The second-order valence-electron chi connectivity index (χ2n) is 8.70. The van der Waals surface area contributed by atoms with Crippen LogP contribution in [0, 0.1) is 5.92 Å². The second-order valence-corrected chi connectivity index (χ2v) is 9.09. The molecule has 0 aliphatic heterocycles. The molecule has 0 radical (unpaired) electrons. The number of hydrogen-bond acceptors (Lipinski definition) is 3. The van der Waals surface area contributed by atoms with E-state index < -0.39 is 0 Å². The number of rotatable bonds is 9. The molecule has 3 nitrogen and oxygen atoms in total. The fourth-order valence-corrected chi connectivity index (χ4v) is 4.57. The Labute approximate surface area is 180 Å². The third-order valence-electron chi connectivity index (χ3n) is 6.30. The first-order chi connectivity index (χ1) is 14.1. The lowest BCUT2D eigenvalue weighted by Gasteiger charge is -2.17. The summed E-state index contributed by atoms with van der Waals surface area (Å²) in [7, 11) is 0. The van der Waals surface area contributed by atoms with Gasteiger partial charge in [-0.15, -0.1) is 0 Å². The number of anilines is 2. The summed E-state index contributed by atoms with van der Waals surface area (Å²) in [5.41, 5.74) is 5.84. The molecular weight excluding hydrogens is 378 g/mol. The predicted octanol–water partition coefficient (Wildman–Crippen LogP) is 7.69. The van der Waals surface area contributed by atoms with E-state index in [2.05, 4.69) is 35.9 Å². The Morgan fingerprint density at radius 3 is 2.66 bits per heavy atom. The van der Waals surface area contributed by atoms with E-state index in [0.29, 0.717) is 17.0 Å². The zero-order chi connectivity index (χ0) is 20.2. The number of pyridine rings is 2. The number of halogens is 1. The van der Waals surface area contributed by atoms with Gasteiger partial charge in [0.25, 0.3) is 0 Å². The van der Waals surface area contributed by atoms with Gasteiger partial charge in [0.1, 0.15) is 11.0 Å². The number of allylic oxidation sites excluding steroid dienone is 1. The Bertz CT molecular complexity index is 866. The number of aromatic nitrogens is 2. The molecule has 0 aromatic carbocycles. The monoisotopic (exact) mass is 409 g/mol. The zero-order valence-corrected chi connectivity index (χ0v) is 18.3. The quantitative estimate of drug-likeness (QED) is 0.340. The molecule has 2 aliphatic rings. The standard InChI is InChI=1S/C25H32ClN3/c1-3-4-5-8-18-13-22(20-9-6-7-10-20)28-25(14-18)29-23-15-24(26)27-16-21(23)17(2)19-11-12-19/h13-16,19-20H,2-12H2,1H3,(H,27,28,29). The predicted molar refractivity (Wildman–Crippen MR) is 123 cm³/mol. The van der Waals surface area contributed by atoms with Gasteiger partial charge < -0.3 is 5.32 Å². The highest BCUT2D eigenvalue weighted by Crippen LogP contribution is 2.43. The van der Waals surface area contributed by atoms with Crippen LogP contribution in [0.25, 0.3) is 5.57 Å². The smallest absolute Gasteiger partial charge is 0.131 e.